The minimum Gasteiger partial charge on any atom is -1.00 e. The van der Waals surface area contributed by atoms with Crippen molar-refractivity contribution in [2.45, 2.75) is 69.7 Å². The average molecular weight is 882 g/mol. The predicted molar refractivity (Wildman–Crippen MR) is 220 cm³/mol. The maximum absolute atomic E-state index is 9.86. The van der Waals surface area contributed by atoms with Gasteiger partial charge in [0.25, 0.3) is 6.47 Å². The Morgan fingerprint density at radius 3 is 1.58 bits per heavy atom. The second-order valence-corrected chi connectivity index (χ2v) is 15.1. The Balaban J connectivity index is 0.000000491. The van der Waals surface area contributed by atoms with Crippen LogP contribution in [0.15, 0.2) is 110 Å². The maximum atomic E-state index is 9.86. The first-order valence-electron chi connectivity index (χ1n) is 18.8. The average Bonchev–Trinajstić information content (AvgIpc) is 4.06. The molecule has 4 aromatic carbocycles. The van der Waals surface area contributed by atoms with E-state index in [1.54, 1.807) is 24.3 Å². The third-order valence-corrected chi connectivity index (χ3v) is 10.1. The Kier molecular flexibility index (Phi) is 24.3. The zero-order valence-electron chi connectivity index (χ0n) is 36.2. The van der Waals surface area contributed by atoms with Crippen LogP contribution >= 0.6 is 11.6 Å². The fraction of sp³-hybridized carbons (Fsp3) is 0.370. The molecule has 59 heavy (non-hydrogen) atoms. The van der Waals surface area contributed by atoms with Crippen LogP contribution in [0.1, 0.15) is 62.5 Å². The molecule has 3 unspecified atom stereocenters. The van der Waals surface area contributed by atoms with E-state index in [0.717, 1.165) is 60.0 Å². The quantitative estimate of drug-likeness (QED) is 0.0324. The first kappa shape index (κ1) is 53.6. The molecule has 2 N–H and O–H groups in total. The molecule has 4 aromatic rings. The molecule has 0 radical (unpaired) electrons. The second-order valence-electron chi connectivity index (χ2n) is 14.8. The molecule has 3 heterocycles. The fourth-order valence-corrected chi connectivity index (χ4v) is 5.93. The van der Waals surface area contributed by atoms with Gasteiger partial charge in [0.1, 0.15) is 48.4 Å². The first-order chi connectivity index (χ1) is 27.4. The third kappa shape index (κ3) is 18.0. The first-order valence-corrected chi connectivity index (χ1v) is 19.4. The van der Waals surface area contributed by atoms with Gasteiger partial charge in [-0.1, -0.05) is 88.4 Å². The Hall–Kier alpha value is -1.57. The van der Waals surface area contributed by atoms with Crippen molar-refractivity contribution in [1.82, 2.24) is 0 Å². The van der Waals surface area contributed by atoms with Gasteiger partial charge in [0.15, 0.2) is 0 Å². The van der Waals surface area contributed by atoms with Gasteiger partial charge in [-0.3, -0.25) is 4.79 Å². The number of phenols is 2. The molecule has 3 aliphatic heterocycles. The molecule has 7 rings (SSSR count). The molecule has 0 aliphatic carbocycles. The van der Waals surface area contributed by atoms with Crippen LogP contribution in [0.5, 0.6) is 23.0 Å². The number of hydrogen-bond donors (Lipinski definition) is 2. The molecule has 0 aromatic heterocycles. The van der Waals surface area contributed by atoms with Crippen LogP contribution < -0.4 is 118 Å². The Morgan fingerprint density at radius 2 is 1.14 bits per heavy atom. The number of phenolic OH excluding ortho intramolecular Hbond substituents is 2. The normalized spacial score (nSPS) is 16.8. The number of aromatic hydroxyl groups is 2. The number of rotatable bonds is 16. The van der Waals surface area contributed by atoms with Gasteiger partial charge in [-0.25, -0.2) is 0 Å². The van der Waals surface area contributed by atoms with Gasteiger partial charge in [0.05, 0.1) is 31.8 Å². The number of alkyl halides is 1. The van der Waals surface area contributed by atoms with Crippen molar-refractivity contribution < 1.29 is 153 Å². The largest absolute Gasteiger partial charge is 1.00 e. The molecular weight excluding hydrogens is 826 g/mol. The van der Waals surface area contributed by atoms with Crippen molar-refractivity contribution in [3.05, 3.63) is 144 Å². The van der Waals surface area contributed by atoms with E-state index in [1.165, 1.54) is 11.1 Å². The van der Waals surface area contributed by atoms with Gasteiger partial charge in [0, 0.05) is 10.8 Å². The van der Waals surface area contributed by atoms with E-state index in [2.05, 4.69) is 76.1 Å². The summed E-state index contributed by atoms with van der Waals surface area (Å²) in [6, 6.07) is 27.8. The summed E-state index contributed by atoms with van der Waals surface area (Å²) in [6.07, 6.45) is 6.05. The number of epoxide rings is 3. The molecule has 0 bridgehead atoms. The van der Waals surface area contributed by atoms with Gasteiger partial charge >= 0.3 is 103 Å². The van der Waals surface area contributed by atoms with Gasteiger partial charge in [0.2, 0.25) is 0 Å². The number of allylic oxidation sites excluding steroid dienone is 2. The van der Waals surface area contributed by atoms with Gasteiger partial charge in [-0.15, -0.1) is 24.8 Å². The van der Waals surface area contributed by atoms with Crippen molar-refractivity contribution in [2.24, 2.45) is 0 Å². The number of carbonyl (C=O) groups excluding carboxylic acids is 1. The van der Waals surface area contributed by atoms with Crippen LogP contribution in [0, 0.1) is 0 Å². The smallest absolute Gasteiger partial charge is 1.00 e. The van der Waals surface area contributed by atoms with Crippen molar-refractivity contribution >= 4 is 18.1 Å². The van der Waals surface area contributed by atoms with E-state index in [4.69, 9.17) is 45.3 Å². The molecule has 0 saturated carbocycles. The number of halogens is 1. The van der Waals surface area contributed by atoms with E-state index in [1.807, 2.05) is 42.5 Å². The van der Waals surface area contributed by atoms with Crippen LogP contribution in [0.3, 0.4) is 0 Å². The Morgan fingerprint density at radius 1 is 0.712 bits per heavy atom. The van der Waals surface area contributed by atoms with Crippen molar-refractivity contribution in [3.63, 3.8) is 0 Å². The van der Waals surface area contributed by atoms with Crippen molar-refractivity contribution in [3.8, 4) is 23.0 Å². The monoisotopic (exact) mass is 880 g/mol. The summed E-state index contributed by atoms with van der Waals surface area (Å²) in [5.74, 6) is 3.03. The van der Waals surface area contributed by atoms with E-state index in [-0.39, 0.29) is 139 Å². The van der Waals surface area contributed by atoms with E-state index >= 15 is 0 Å². The maximum Gasteiger partial charge on any atom is 1.00 e. The van der Waals surface area contributed by atoms with E-state index in [0.29, 0.717) is 37.4 Å². The van der Waals surface area contributed by atoms with Crippen molar-refractivity contribution in [1.29, 1.82) is 0 Å². The molecule has 10 nitrogen and oxygen atoms in total. The molecule has 3 saturated heterocycles. The van der Waals surface area contributed by atoms with Gasteiger partial charge in [-0.2, -0.15) is 0 Å². The summed E-state index contributed by atoms with van der Waals surface area (Å²) in [5, 5.41) is 27.7. The fourth-order valence-electron chi connectivity index (χ4n) is 5.75. The summed E-state index contributed by atoms with van der Waals surface area (Å²) in [7, 11) is 0. The number of carbonyl (C=O) groups is 1. The van der Waals surface area contributed by atoms with Crippen LogP contribution in [0.25, 0.3) is 0 Å². The molecule has 0 spiro atoms. The van der Waals surface area contributed by atoms with Crippen molar-refractivity contribution in [2.75, 3.05) is 38.9 Å². The molecule has 0 amide bonds. The molecule has 3 fully saturated rings. The number of hydrogen-bond acceptors (Lipinski definition) is 10. The molecular formula is C46H55ClK2O10. The second kappa shape index (κ2) is 26.8. The summed E-state index contributed by atoms with van der Waals surface area (Å²) in [6.45, 7) is 19.9. The van der Waals surface area contributed by atoms with Crippen LogP contribution in [0.2, 0.25) is 0 Å². The number of ether oxygens (including phenoxy) is 5. The SMILES string of the molecule is C=CCc1cc(C(C)(C)c2ccc(O)cc2)ccc1O.C=CCc1cc(C(C)(C)c2ccc(OCC3CO3)cc2)ccc1OCC1CO1.ClCC1CO1.O=CO[O-].[H-].[K+].[K+]. The van der Waals surface area contributed by atoms with Gasteiger partial charge in [-0.05, 0) is 82.6 Å². The summed E-state index contributed by atoms with van der Waals surface area (Å²) < 4.78 is 26.9. The molecule has 13 heteroatoms. The predicted octanol–water partition coefficient (Wildman–Crippen LogP) is 1.63. The summed E-state index contributed by atoms with van der Waals surface area (Å²) in [4.78, 5) is 11.2. The topological polar surface area (TPSA) is 146 Å². The molecule has 308 valence electrons. The van der Waals surface area contributed by atoms with E-state index < -0.39 is 0 Å². The molecule has 3 aliphatic rings. The van der Waals surface area contributed by atoms with E-state index in [9.17, 15) is 10.2 Å². The Bertz CT molecular complexity index is 1880. The third-order valence-electron chi connectivity index (χ3n) is 9.76. The summed E-state index contributed by atoms with van der Waals surface area (Å²) >= 11 is 5.27. The summed E-state index contributed by atoms with van der Waals surface area (Å²) in [5.41, 5.74) is 6.44. The number of benzene rings is 4. The standard InChI is InChI=1S/C24H28O4.C18H20O2.C3H5ClO.CH2O3.2K.H/c1-4-5-17-12-19(8-11-23(17)28-16-22-15-27-22)24(2,3)18-6-9-20(10-7-18)25-13-21-14-26-21;1-4-5-13-12-15(8-11-17(13)20)18(2,3)14-6-9-16(19)10-7-14;4-1-3-2-5-3;2-1-4-3;;;/h4,6-12,21-22H,1,5,13-16H2,2-3H3;4,6-12,19-20H,1,5H2,2-3H3;3H,1-2H2;1,3H;;;/q;;;;2*+1;-1/p-1. The zero-order chi connectivity index (χ0) is 41.4. The zero-order valence-corrected chi connectivity index (χ0v) is 42.2. The van der Waals surface area contributed by atoms with Gasteiger partial charge < -0.3 is 45.5 Å². The Labute approximate surface area is 440 Å². The minimum absolute atomic E-state index is 0. The minimum atomic E-state index is -0.197. The molecule has 3 atom stereocenters. The van der Waals surface area contributed by atoms with Crippen LogP contribution in [-0.4, -0.2) is 73.9 Å². The van der Waals surface area contributed by atoms with Crippen LogP contribution in [-0.2, 0) is 47.6 Å². The van der Waals surface area contributed by atoms with Crippen LogP contribution in [0.4, 0.5) is 0 Å².